The van der Waals surface area contributed by atoms with Crippen LogP contribution in [-0.2, 0) is 20.6 Å². The molecule has 1 amide bonds. The Balaban J connectivity index is 1.66. The van der Waals surface area contributed by atoms with Crippen molar-refractivity contribution in [1.82, 2.24) is 0 Å². The van der Waals surface area contributed by atoms with Crippen molar-refractivity contribution in [2.24, 2.45) is 0 Å². The monoisotopic (exact) mass is 454 g/mol. The van der Waals surface area contributed by atoms with Gasteiger partial charge in [-0.2, -0.15) is 0 Å². The summed E-state index contributed by atoms with van der Waals surface area (Å²) in [6.45, 7) is 3.39. The Hall–Kier alpha value is -2.77. The maximum Gasteiger partial charge on any atom is 0.245 e. The number of rotatable bonds is 8. The van der Waals surface area contributed by atoms with Crippen molar-refractivity contribution >= 4 is 39.1 Å². The molecule has 0 aliphatic heterocycles. The summed E-state index contributed by atoms with van der Waals surface area (Å²) in [5, 5.41) is 2.80. The van der Waals surface area contributed by atoms with Crippen LogP contribution < -0.4 is 9.62 Å². The van der Waals surface area contributed by atoms with Gasteiger partial charge in [0.15, 0.2) is 0 Å². The molecule has 0 radical (unpaired) electrons. The Bertz CT molecular complexity index is 1120. The molecule has 3 aromatic rings. The summed E-state index contributed by atoms with van der Waals surface area (Å²) in [5.74, 6) is 0.437. The standard InChI is InChI=1S/C24H26N2O3S2/c1-18-8-7-9-19(2)24(18)26(31(3,28)29)16-23(27)25-21-14-12-20(13-15-21)17-30-22-10-5-4-6-11-22/h4-15H,16-17H2,1-3H3,(H,25,27). The SMILES string of the molecule is Cc1cccc(C)c1N(CC(=O)Nc1ccc(CSc2ccccc2)cc1)S(C)(=O)=O. The predicted molar refractivity (Wildman–Crippen MR) is 129 cm³/mol. The lowest BCUT2D eigenvalue weighted by molar-refractivity contribution is -0.114. The molecule has 0 aliphatic rings. The van der Waals surface area contributed by atoms with Crippen molar-refractivity contribution in [3.05, 3.63) is 89.5 Å². The van der Waals surface area contributed by atoms with Crippen LogP contribution in [0.1, 0.15) is 16.7 Å². The van der Waals surface area contributed by atoms with E-state index in [2.05, 4.69) is 17.4 Å². The van der Waals surface area contributed by atoms with Crippen molar-refractivity contribution < 1.29 is 13.2 Å². The van der Waals surface area contributed by atoms with E-state index < -0.39 is 10.0 Å². The van der Waals surface area contributed by atoms with E-state index >= 15 is 0 Å². The van der Waals surface area contributed by atoms with E-state index in [0.717, 1.165) is 33.0 Å². The van der Waals surface area contributed by atoms with E-state index in [-0.39, 0.29) is 12.5 Å². The lowest BCUT2D eigenvalue weighted by Crippen LogP contribution is -2.38. The smallest absolute Gasteiger partial charge is 0.245 e. The van der Waals surface area contributed by atoms with E-state index in [1.807, 2.05) is 74.5 Å². The molecule has 0 atom stereocenters. The quantitative estimate of drug-likeness (QED) is 0.487. The molecule has 7 heteroatoms. The van der Waals surface area contributed by atoms with E-state index in [1.165, 1.54) is 4.90 Å². The molecule has 0 aromatic heterocycles. The maximum absolute atomic E-state index is 12.6. The highest BCUT2D eigenvalue weighted by atomic mass is 32.2. The highest BCUT2D eigenvalue weighted by Gasteiger charge is 2.23. The Morgan fingerprint density at radius 3 is 2.10 bits per heavy atom. The molecule has 5 nitrogen and oxygen atoms in total. The summed E-state index contributed by atoms with van der Waals surface area (Å²) < 4.78 is 26.0. The van der Waals surface area contributed by atoms with Gasteiger partial charge in [-0.3, -0.25) is 9.10 Å². The Labute approximate surface area is 188 Å². The molecule has 0 heterocycles. The fraction of sp³-hybridized carbons (Fsp3) is 0.208. The predicted octanol–water partition coefficient (Wildman–Crippen LogP) is 5.00. The van der Waals surface area contributed by atoms with E-state index in [1.54, 1.807) is 11.8 Å². The third-order valence-corrected chi connectivity index (χ3v) is 6.96. The first-order valence-corrected chi connectivity index (χ1v) is 12.7. The second-order valence-corrected chi connectivity index (χ2v) is 10.3. The van der Waals surface area contributed by atoms with Crippen molar-refractivity contribution in [1.29, 1.82) is 0 Å². The third-order valence-electron chi connectivity index (χ3n) is 4.76. The third kappa shape index (κ3) is 6.35. The number of hydrogen-bond donors (Lipinski definition) is 1. The van der Waals surface area contributed by atoms with Crippen molar-refractivity contribution in [2.45, 2.75) is 24.5 Å². The topological polar surface area (TPSA) is 66.5 Å². The summed E-state index contributed by atoms with van der Waals surface area (Å²) >= 11 is 1.74. The molecule has 3 aromatic carbocycles. The fourth-order valence-corrected chi connectivity index (χ4v) is 5.11. The molecule has 0 bridgehead atoms. The van der Waals surface area contributed by atoms with Gasteiger partial charge in [0.05, 0.1) is 11.9 Å². The van der Waals surface area contributed by atoms with E-state index in [0.29, 0.717) is 11.4 Å². The first-order valence-electron chi connectivity index (χ1n) is 9.84. The number of carbonyl (C=O) groups is 1. The lowest BCUT2D eigenvalue weighted by Gasteiger charge is -2.25. The van der Waals surface area contributed by atoms with Crippen molar-refractivity contribution in [2.75, 3.05) is 22.4 Å². The molecule has 3 rings (SSSR count). The van der Waals surface area contributed by atoms with Gasteiger partial charge in [0.25, 0.3) is 0 Å². The summed E-state index contributed by atoms with van der Waals surface area (Å²) in [5.41, 5.74) is 3.93. The number of sulfonamides is 1. The average Bonchev–Trinajstić information content (AvgIpc) is 2.72. The molecule has 162 valence electrons. The van der Waals surface area contributed by atoms with Gasteiger partial charge in [0.1, 0.15) is 6.54 Å². The Kier molecular flexibility index (Phi) is 7.41. The largest absolute Gasteiger partial charge is 0.325 e. The Morgan fingerprint density at radius 1 is 0.903 bits per heavy atom. The van der Waals surface area contributed by atoms with Gasteiger partial charge in [0.2, 0.25) is 15.9 Å². The zero-order valence-electron chi connectivity index (χ0n) is 17.8. The van der Waals surface area contributed by atoms with Crippen LogP contribution in [0.2, 0.25) is 0 Å². The van der Waals surface area contributed by atoms with Gasteiger partial charge < -0.3 is 5.32 Å². The van der Waals surface area contributed by atoms with Crippen LogP contribution in [0.4, 0.5) is 11.4 Å². The van der Waals surface area contributed by atoms with Gasteiger partial charge in [-0.25, -0.2) is 8.42 Å². The number of carbonyl (C=O) groups excluding carboxylic acids is 1. The molecule has 0 unspecified atom stereocenters. The minimum Gasteiger partial charge on any atom is -0.325 e. The maximum atomic E-state index is 12.6. The summed E-state index contributed by atoms with van der Waals surface area (Å²) in [4.78, 5) is 13.8. The van der Waals surface area contributed by atoms with Gasteiger partial charge in [0, 0.05) is 16.3 Å². The van der Waals surface area contributed by atoms with Gasteiger partial charge in [-0.05, 0) is 54.8 Å². The molecular weight excluding hydrogens is 428 g/mol. The second-order valence-electron chi connectivity index (χ2n) is 7.36. The van der Waals surface area contributed by atoms with Crippen LogP contribution in [0.5, 0.6) is 0 Å². The molecule has 0 fully saturated rings. The second kappa shape index (κ2) is 10.0. The Morgan fingerprint density at radius 2 is 1.52 bits per heavy atom. The van der Waals surface area contributed by atoms with Gasteiger partial charge >= 0.3 is 0 Å². The molecule has 1 N–H and O–H groups in total. The summed E-state index contributed by atoms with van der Waals surface area (Å²) in [7, 11) is -3.62. The highest BCUT2D eigenvalue weighted by molar-refractivity contribution is 7.98. The lowest BCUT2D eigenvalue weighted by atomic mass is 10.1. The first-order chi connectivity index (χ1) is 14.7. The molecule has 0 aliphatic carbocycles. The fourth-order valence-electron chi connectivity index (χ4n) is 3.26. The van der Waals surface area contributed by atoms with Crippen LogP contribution >= 0.6 is 11.8 Å². The van der Waals surface area contributed by atoms with Crippen LogP contribution in [0.25, 0.3) is 0 Å². The molecule has 0 spiro atoms. The number of nitrogens with zero attached hydrogens (tertiary/aromatic N) is 1. The van der Waals surface area contributed by atoms with Crippen molar-refractivity contribution in [3.63, 3.8) is 0 Å². The van der Waals surface area contributed by atoms with Gasteiger partial charge in [-0.1, -0.05) is 48.5 Å². The van der Waals surface area contributed by atoms with Crippen molar-refractivity contribution in [3.8, 4) is 0 Å². The average molecular weight is 455 g/mol. The number of aryl methyl sites for hydroxylation is 2. The summed E-state index contributed by atoms with van der Waals surface area (Å²) in [6.07, 6.45) is 1.12. The van der Waals surface area contributed by atoms with Gasteiger partial charge in [-0.15, -0.1) is 11.8 Å². The number of nitrogens with one attached hydrogen (secondary N) is 1. The summed E-state index contributed by atoms with van der Waals surface area (Å²) in [6, 6.07) is 23.3. The molecule has 0 saturated carbocycles. The van der Waals surface area contributed by atoms with Crippen LogP contribution in [0, 0.1) is 13.8 Å². The molecule has 0 saturated heterocycles. The van der Waals surface area contributed by atoms with E-state index in [4.69, 9.17) is 0 Å². The number of para-hydroxylation sites is 1. The number of amides is 1. The number of thioether (sulfide) groups is 1. The normalized spacial score (nSPS) is 11.2. The van der Waals surface area contributed by atoms with Crippen LogP contribution in [0.3, 0.4) is 0 Å². The number of anilines is 2. The first kappa shape index (κ1) is 22.9. The zero-order chi connectivity index (χ0) is 22.4. The minimum atomic E-state index is -3.62. The number of benzene rings is 3. The zero-order valence-corrected chi connectivity index (χ0v) is 19.5. The highest BCUT2D eigenvalue weighted by Crippen LogP contribution is 2.27. The van der Waals surface area contributed by atoms with Crippen LogP contribution in [0.15, 0.2) is 77.7 Å². The minimum absolute atomic E-state index is 0.282. The van der Waals surface area contributed by atoms with E-state index in [9.17, 15) is 13.2 Å². The molecule has 31 heavy (non-hydrogen) atoms. The molecular formula is C24H26N2O3S2. The number of hydrogen-bond acceptors (Lipinski definition) is 4. The van der Waals surface area contributed by atoms with Crippen LogP contribution in [-0.4, -0.2) is 27.1 Å².